The van der Waals surface area contributed by atoms with Crippen molar-refractivity contribution >= 4 is 11.6 Å². The summed E-state index contributed by atoms with van der Waals surface area (Å²) in [4.78, 5) is 0. The Balaban J connectivity index is 2.55. The van der Waals surface area contributed by atoms with E-state index in [0.717, 1.165) is 35.8 Å². The van der Waals surface area contributed by atoms with Crippen LogP contribution in [0.2, 0.25) is 5.02 Å². The van der Waals surface area contributed by atoms with Gasteiger partial charge < -0.3 is 14.8 Å². The number of ether oxygens (including phenoxy) is 2. The number of rotatable bonds is 8. The van der Waals surface area contributed by atoms with Gasteiger partial charge in [-0.25, -0.2) is 0 Å². The molecule has 0 aliphatic carbocycles. The molecule has 3 nitrogen and oxygen atoms in total. The standard InChI is InChI=1S/C14H22ClNO2/c1-4-7-16-9-13(10-17-3)18-12-5-6-14(15)11(2)8-12/h5-6,8,13,16H,4,7,9-10H2,1-3H3. The first-order chi connectivity index (χ1) is 8.67. The van der Waals surface area contributed by atoms with Gasteiger partial charge in [0, 0.05) is 18.7 Å². The Morgan fingerprint density at radius 3 is 2.78 bits per heavy atom. The van der Waals surface area contributed by atoms with Crippen LogP contribution in [0.4, 0.5) is 0 Å². The Labute approximate surface area is 114 Å². The van der Waals surface area contributed by atoms with Crippen molar-refractivity contribution in [3.8, 4) is 5.75 Å². The van der Waals surface area contributed by atoms with E-state index < -0.39 is 0 Å². The minimum Gasteiger partial charge on any atom is -0.487 e. The van der Waals surface area contributed by atoms with Crippen LogP contribution in [0.25, 0.3) is 0 Å². The van der Waals surface area contributed by atoms with Crippen molar-refractivity contribution < 1.29 is 9.47 Å². The molecule has 1 rings (SSSR count). The molecule has 1 aromatic rings. The molecule has 0 radical (unpaired) electrons. The lowest BCUT2D eigenvalue weighted by Crippen LogP contribution is -2.35. The van der Waals surface area contributed by atoms with E-state index in [4.69, 9.17) is 21.1 Å². The van der Waals surface area contributed by atoms with Crippen molar-refractivity contribution in [2.75, 3.05) is 26.8 Å². The van der Waals surface area contributed by atoms with Crippen molar-refractivity contribution in [2.24, 2.45) is 0 Å². The van der Waals surface area contributed by atoms with Crippen LogP contribution in [0.5, 0.6) is 5.75 Å². The van der Waals surface area contributed by atoms with Gasteiger partial charge in [-0.15, -0.1) is 0 Å². The second-order valence-electron chi connectivity index (χ2n) is 4.31. The number of aryl methyl sites for hydroxylation is 1. The highest BCUT2D eigenvalue weighted by atomic mass is 35.5. The van der Waals surface area contributed by atoms with Gasteiger partial charge in [0.1, 0.15) is 11.9 Å². The summed E-state index contributed by atoms with van der Waals surface area (Å²) >= 11 is 5.99. The van der Waals surface area contributed by atoms with Crippen molar-refractivity contribution in [2.45, 2.75) is 26.4 Å². The zero-order chi connectivity index (χ0) is 13.4. The maximum Gasteiger partial charge on any atom is 0.134 e. The van der Waals surface area contributed by atoms with Crippen LogP contribution in [0.3, 0.4) is 0 Å². The van der Waals surface area contributed by atoms with Gasteiger partial charge in [-0.05, 0) is 43.7 Å². The van der Waals surface area contributed by atoms with Gasteiger partial charge in [-0.2, -0.15) is 0 Å². The Hall–Kier alpha value is -0.770. The van der Waals surface area contributed by atoms with Crippen molar-refractivity contribution in [3.05, 3.63) is 28.8 Å². The molecule has 0 aromatic heterocycles. The lowest BCUT2D eigenvalue weighted by Gasteiger charge is -2.19. The summed E-state index contributed by atoms with van der Waals surface area (Å²) in [5.41, 5.74) is 1.02. The number of methoxy groups -OCH3 is 1. The molecule has 0 fully saturated rings. The summed E-state index contributed by atoms with van der Waals surface area (Å²) in [5, 5.41) is 4.09. The predicted molar refractivity (Wildman–Crippen MR) is 75.6 cm³/mol. The smallest absolute Gasteiger partial charge is 0.134 e. The Bertz CT molecular complexity index is 358. The van der Waals surface area contributed by atoms with Crippen molar-refractivity contribution in [1.29, 1.82) is 0 Å². The maximum atomic E-state index is 5.99. The first kappa shape index (κ1) is 15.3. The van der Waals surface area contributed by atoms with Gasteiger partial charge in [0.15, 0.2) is 0 Å². The van der Waals surface area contributed by atoms with E-state index in [-0.39, 0.29) is 6.10 Å². The summed E-state index contributed by atoms with van der Waals surface area (Å²) in [6.45, 7) is 6.45. The molecule has 1 aromatic carbocycles. The van der Waals surface area contributed by atoms with Crippen molar-refractivity contribution in [1.82, 2.24) is 5.32 Å². The van der Waals surface area contributed by atoms with E-state index in [2.05, 4.69) is 12.2 Å². The number of halogens is 1. The highest BCUT2D eigenvalue weighted by Gasteiger charge is 2.10. The maximum absolute atomic E-state index is 5.99. The zero-order valence-electron chi connectivity index (χ0n) is 11.3. The highest BCUT2D eigenvalue weighted by molar-refractivity contribution is 6.31. The highest BCUT2D eigenvalue weighted by Crippen LogP contribution is 2.21. The topological polar surface area (TPSA) is 30.5 Å². The average molecular weight is 272 g/mol. The number of hydrogen-bond donors (Lipinski definition) is 1. The summed E-state index contributed by atoms with van der Waals surface area (Å²) in [7, 11) is 1.68. The van der Waals surface area contributed by atoms with Crippen LogP contribution >= 0.6 is 11.6 Å². The van der Waals surface area contributed by atoms with E-state index in [9.17, 15) is 0 Å². The number of nitrogens with one attached hydrogen (secondary N) is 1. The molecule has 18 heavy (non-hydrogen) atoms. The van der Waals surface area contributed by atoms with E-state index in [1.807, 2.05) is 25.1 Å². The van der Waals surface area contributed by atoms with Crippen LogP contribution in [-0.2, 0) is 4.74 Å². The number of benzene rings is 1. The third-order valence-corrected chi connectivity index (χ3v) is 3.01. The van der Waals surface area contributed by atoms with Crippen LogP contribution in [0.15, 0.2) is 18.2 Å². The third-order valence-electron chi connectivity index (χ3n) is 2.58. The van der Waals surface area contributed by atoms with Gasteiger partial charge in [0.2, 0.25) is 0 Å². The van der Waals surface area contributed by atoms with E-state index in [0.29, 0.717) is 6.61 Å². The lowest BCUT2D eigenvalue weighted by molar-refractivity contribution is 0.0807. The second kappa shape index (κ2) is 8.35. The van der Waals surface area contributed by atoms with Crippen LogP contribution in [0.1, 0.15) is 18.9 Å². The Kier molecular flexibility index (Phi) is 7.09. The minimum absolute atomic E-state index is 0.0159. The molecule has 1 N–H and O–H groups in total. The largest absolute Gasteiger partial charge is 0.487 e. The van der Waals surface area contributed by atoms with Gasteiger partial charge in [0.25, 0.3) is 0 Å². The van der Waals surface area contributed by atoms with Gasteiger partial charge in [-0.1, -0.05) is 18.5 Å². The molecular weight excluding hydrogens is 250 g/mol. The summed E-state index contributed by atoms with van der Waals surface area (Å²) in [6, 6.07) is 5.69. The molecule has 0 spiro atoms. The fraction of sp³-hybridized carbons (Fsp3) is 0.571. The Morgan fingerprint density at radius 2 is 2.17 bits per heavy atom. The van der Waals surface area contributed by atoms with Crippen molar-refractivity contribution in [3.63, 3.8) is 0 Å². The fourth-order valence-electron chi connectivity index (χ4n) is 1.64. The second-order valence-corrected chi connectivity index (χ2v) is 4.72. The zero-order valence-corrected chi connectivity index (χ0v) is 12.1. The molecule has 0 saturated heterocycles. The molecule has 0 saturated carbocycles. The quantitative estimate of drug-likeness (QED) is 0.737. The lowest BCUT2D eigenvalue weighted by atomic mass is 10.2. The third kappa shape index (κ3) is 5.25. The number of hydrogen-bond acceptors (Lipinski definition) is 3. The first-order valence-corrected chi connectivity index (χ1v) is 6.67. The fourth-order valence-corrected chi connectivity index (χ4v) is 1.76. The molecule has 0 aliphatic heterocycles. The normalized spacial score (nSPS) is 12.4. The molecule has 102 valence electrons. The van der Waals surface area contributed by atoms with Crippen LogP contribution in [0, 0.1) is 6.92 Å². The molecule has 0 bridgehead atoms. The van der Waals surface area contributed by atoms with Gasteiger partial charge >= 0.3 is 0 Å². The minimum atomic E-state index is 0.0159. The molecule has 0 aliphatic rings. The van der Waals surface area contributed by atoms with Gasteiger partial charge in [0.05, 0.1) is 6.61 Å². The molecule has 4 heteroatoms. The van der Waals surface area contributed by atoms with E-state index in [1.54, 1.807) is 7.11 Å². The van der Waals surface area contributed by atoms with E-state index in [1.165, 1.54) is 0 Å². The molecule has 0 amide bonds. The van der Waals surface area contributed by atoms with E-state index >= 15 is 0 Å². The average Bonchev–Trinajstić information content (AvgIpc) is 2.34. The SMILES string of the molecule is CCCNCC(COC)Oc1ccc(Cl)c(C)c1. The predicted octanol–water partition coefficient (Wildman–Crippen LogP) is 3.04. The molecular formula is C14H22ClNO2. The summed E-state index contributed by atoms with van der Waals surface area (Å²) in [5.74, 6) is 0.831. The molecule has 1 atom stereocenters. The molecule has 0 heterocycles. The van der Waals surface area contributed by atoms with Gasteiger partial charge in [-0.3, -0.25) is 0 Å². The summed E-state index contributed by atoms with van der Waals surface area (Å²) < 4.78 is 11.1. The first-order valence-electron chi connectivity index (χ1n) is 6.29. The summed E-state index contributed by atoms with van der Waals surface area (Å²) in [6.07, 6.45) is 1.13. The van der Waals surface area contributed by atoms with Crippen LogP contribution < -0.4 is 10.1 Å². The monoisotopic (exact) mass is 271 g/mol. The molecule has 1 unspecified atom stereocenters. The van der Waals surface area contributed by atoms with Crippen LogP contribution in [-0.4, -0.2) is 32.9 Å². The Morgan fingerprint density at radius 1 is 1.39 bits per heavy atom.